The Morgan fingerprint density at radius 3 is 3.00 bits per heavy atom. The summed E-state index contributed by atoms with van der Waals surface area (Å²) in [5.74, 6) is 0. The summed E-state index contributed by atoms with van der Waals surface area (Å²) in [4.78, 5) is 5.48. The summed E-state index contributed by atoms with van der Waals surface area (Å²) in [6.07, 6.45) is 3.90. The van der Waals surface area contributed by atoms with Gasteiger partial charge in [0.1, 0.15) is 0 Å². The summed E-state index contributed by atoms with van der Waals surface area (Å²) >= 11 is 1.96. The minimum Gasteiger partial charge on any atom is -0.380 e. The monoisotopic (exact) mass is 266 g/mol. The summed E-state index contributed by atoms with van der Waals surface area (Å²) in [6, 6.07) is 5.38. The van der Waals surface area contributed by atoms with E-state index in [9.17, 15) is 0 Å². The second-order valence-corrected chi connectivity index (χ2v) is 6.52. The highest BCUT2D eigenvalue weighted by molar-refractivity contribution is 7.11. The zero-order chi connectivity index (χ0) is 12.2. The number of thiophene rings is 1. The number of rotatable bonds is 5. The molecular weight excluding hydrogens is 244 g/mol. The van der Waals surface area contributed by atoms with Crippen molar-refractivity contribution in [2.24, 2.45) is 0 Å². The minimum atomic E-state index is 0.804. The van der Waals surface area contributed by atoms with Crippen LogP contribution in [0.2, 0.25) is 0 Å². The summed E-state index contributed by atoms with van der Waals surface area (Å²) in [7, 11) is 0. The quantitative estimate of drug-likeness (QED) is 0.884. The Bertz CT molecular complexity index is 368. The summed E-state index contributed by atoms with van der Waals surface area (Å²) in [6.45, 7) is 6.22. The molecule has 0 radical (unpaired) electrons. The van der Waals surface area contributed by atoms with Crippen molar-refractivity contribution in [1.82, 2.24) is 10.2 Å². The van der Waals surface area contributed by atoms with Crippen LogP contribution in [0.1, 0.15) is 29.0 Å². The topological polar surface area (TPSA) is 24.5 Å². The normalized spacial score (nSPS) is 22.0. The lowest BCUT2D eigenvalue weighted by atomic mass is 10.3. The smallest absolute Gasteiger partial charge is 0.0593 e. The van der Waals surface area contributed by atoms with Gasteiger partial charge in [0, 0.05) is 48.6 Å². The van der Waals surface area contributed by atoms with E-state index in [1.54, 1.807) is 0 Å². The van der Waals surface area contributed by atoms with E-state index in [2.05, 4.69) is 22.3 Å². The summed E-state index contributed by atoms with van der Waals surface area (Å²) in [5, 5.41) is 3.58. The Kier molecular flexibility index (Phi) is 4.31. The number of hydrogen-bond donors (Lipinski definition) is 1. The molecule has 100 valence electrons. The third kappa shape index (κ3) is 3.79. The van der Waals surface area contributed by atoms with Crippen molar-refractivity contribution < 1.29 is 4.74 Å². The maximum atomic E-state index is 5.49. The van der Waals surface area contributed by atoms with E-state index in [1.807, 2.05) is 11.3 Å². The second kappa shape index (κ2) is 6.15. The van der Waals surface area contributed by atoms with Crippen molar-refractivity contribution in [2.45, 2.75) is 38.4 Å². The fraction of sp³-hybridized carbons (Fsp3) is 0.714. The van der Waals surface area contributed by atoms with E-state index in [-0.39, 0.29) is 0 Å². The molecule has 0 amide bonds. The third-order valence-corrected chi connectivity index (χ3v) is 4.62. The zero-order valence-corrected chi connectivity index (χ0v) is 11.7. The maximum absolute atomic E-state index is 5.49. The molecule has 2 aliphatic rings. The van der Waals surface area contributed by atoms with Crippen LogP contribution in [-0.2, 0) is 17.8 Å². The first kappa shape index (κ1) is 12.6. The molecule has 0 atom stereocenters. The lowest BCUT2D eigenvalue weighted by molar-refractivity contribution is 0.140. The van der Waals surface area contributed by atoms with Crippen LogP contribution in [-0.4, -0.2) is 37.2 Å². The van der Waals surface area contributed by atoms with Crippen molar-refractivity contribution in [2.75, 3.05) is 26.3 Å². The van der Waals surface area contributed by atoms with Crippen LogP contribution < -0.4 is 5.32 Å². The molecule has 1 aliphatic heterocycles. The van der Waals surface area contributed by atoms with Gasteiger partial charge >= 0.3 is 0 Å². The molecule has 1 saturated carbocycles. The van der Waals surface area contributed by atoms with Crippen LogP contribution in [0.25, 0.3) is 0 Å². The van der Waals surface area contributed by atoms with Crippen LogP contribution in [0, 0.1) is 0 Å². The summed E-state index contributed by atoms with van der Waals surface area (Å²) in [5.41, 5.74) is 0. The van der Waals surface area contributed by atoms with Crippen LogP contribution in [0.5, 0.6) is 0 Å². The first-order valence-electron chi connectivity index (χ1n) is 7.01. The molecule has 3 rings (SSSR count). The fourth-order valence-electron chi connectivity index (χ4n) is 2.31. The molecule has 1 saturated heterocycles. The Morgan fingerprint density at radius 2 is 2.11 bits per heavy atom. The molecule has 3 nitrogen and oxygen atoms in total. The maximum Gasteiger partial charge on any atom is 0.0593 e. The standard InChI is InChI=1S/C14H22N2OS/c1-6-16(7-9-17-8-1)11-14-5-4-13(18-14)10-15-12-2-3-12/h4-5,12,15H,1-3,6-11H2. The van der Waals surface area contributed by atoms with Crippen LogP contribution in [0.3, 0.4) is 0 Å². The van der Waals surface area contributed by atoms with Gasteiger partial charge in [-0.05, 0) is 31.4 Å². The summed E-state index contributed by atoms with van der Waals surface area (Å²) < 4.78 is 5.49. The van der Waals surface area contributed by atoms with E-state index < -0.39 is 0 Å². The molecule has 4 heteroatoms. The van der Waals surface area contributed by atoms with Gasteiger partial charge in [0.2, 0.25) is 0 Å². The number of ether oxygens (including phenoxy) is 1. The average Bonchev–Trinajstić information content (AvgIpc) is 3.14. The van der Waals surface area contributed by atoms with Gasteiger partial charge in [-0.3, -0.25) is 4.90 Å². The van der Waals surface area contributed by atoms with Crippen molar-refractivity contribution in [3.05, 3.63) is 21.9 Å². The molecule has 18 heavy (non-hydrogen) atoms. The number of nitrogens with zero attached hydrogens (tertiary/aromatic N) is 1. The molecular formula is C14H22N2OS. The average molecular weight is 266 g/mol. The molecule has 1 aromatic heterocycles. The Hall–Kier alpha value is -0.420. The van der Waals surface area contributed by atoms with E-state index >= 15 is 0 Å². The van der Waals surface area contributed by atoms with Crippen molar-refractivity contribution in [1.29, 1.82) is 0 Å². The van der Waals surface area contributed by atoms with Gasteiger partial charge in [-0.1, -0.05) is 0 Å². The largest absolute Gasteiger partial charge is 0.380 e. The zero-order valence-electron chi connectivity index (χ0n) is 10.9. The molecule has 0 bridgehead atoms. The Balaban J connectivity index is 1.48. The minimum absolute atomic E-state index is 0.804. The van der Waals surface area contributed by atoms with Crippen LogP contribution in [0.4, 0.5) is 0 Å². The molecule has 2 fully saturated rings. The fourth-order valence-corrected chi connectivity index (χ4v) is 3.32. The van der Waals surface area contributed by atoms with Gasteiger partial charge in [-0.25, -0.2) is 0 Å². The molecule has 2 heterocycles. The van der Waals surface area contributed by atoms with Gasteiger partial charge in [0.15, 0.2) is 0 Å². The lowest BCUT2D eigenvalue weighted by Gasteiger charge is -2.17. The van der Waals surface area contributed by atoms with Gasteiger partial charge in [0.25, 0.3) is 0 Å². The molecule has 0 unspecified atom stereocenters. The van der Waals surface area contributed by atoms with Crippen LogP contribution >= 0.6 is 11.3 Å². The Labute approximate surface area is 113 Å². The van der Waals surface area contributed by atoms with Crippen LogP contribution in [0.15, 0.2) is 12.1 Å². The SMILES string of the molecule is c1cc(CN2CCCOCC2)sc1CNC1CC1. The highest BCUT2D eigenvalue weighted by atomic mass is 32.1. The molecule has 0 spiro atoms. The lowest BCUT2D eigenvalue weighted by Crippen LogP contribution is -2.25. The van der Waals surface area contributed by atoms with Crippen molar-refractivity contribution >= 4 is 11.3 Å². The van der Waals surface area contributed by atoms with E-state index in [4.69, 9.17) is 4.74 Å². The van der Waals surface area contributed by atoms with E-state index in [1.165, 1.54) is 35.6 Å². The Morgan fingerprint density at radius 1 is 1.22 bits per heavy atom. The van der Waals surface area contributed by atoms with Crippen molar-refractivity contribution in [3.8, 4) is 0 Å². The first-order chi connectivity index (χ1) is 8.90. The third-order valence-electron chi connectivity index (χ3n) is 3.55. The molecule has 1 N–H and O–H groups in total. The molecule has 0 aromatic carbocycles. The highest BCUT2D eigenvalue weighted by Gasteiger charge is 2.20. The van der Waals surface area contributed by atoms with Gasteiger partial charge in [0.05, 0.1) is 6.61 Å². The van der Waals surface area contributed by atoms with Gasteiger partial charge in [-0.2, -0.15) is 0 Å². The van der Waals surface area contributed by atoms with Gasteiger partial charge < -0.3 is 10.1 Å². The van der Waals surface area contributed by atoms with Gasteiger partial charge in [-0.15, -0.1) is 11.3 Å². The number of hydrogen-bond acceptors (Lipinski definition) is 4. The second-order valence-electron chi connectivity index (χ2n) is 5.27. The molecule has 1 aliphatic carbocycles. The predicted octanol–water partition coefficient (Wildman–Crippen LogP) is 2.22. The number of nitrogens with one attached hydrogen (secondary N) is 1. The predicted molar refractivity (Wildman–Crippen MR) is 74.9 cm³/mol. The molecule has 1 aromatic rings. The van der Waals surface area contributed by atoms with E-state index in [0.29, 0.717) is 0 Å². The van der Waals surface area contributed by atoms with Crippen molar-refractivity contribution in [3.63, 3.8) is 0 Å². The highest BCUT2D eigenvalue weighted by Crippen LogP contribution is 2.22. The van der Waals surface area contributed by atoms with E-state index in [0.717, 1.165) is 38.9 Å². The first-order valence-corrected chi connectivity index (χ1v) is 7.83.